The molecule has 2 saturated heterocycles. The molecule has 3 heterocycles. The molecule has 2 aromatic rings. The molecule has 0 N–H and O–H groups in total. The minimum absolute atomic E-state index is 0.0205. The van der Waals surface area contributed by atoms with Crippen molar-refractivity contribution < 1.29 is 9.21 Å². The van der Waals surface area contributed by atoms with E-state index in [1.54, 1.807) is 0 Å². The quantitative estimate of drug-likeness (QED) is 0.745. The molecule has 2 aliphatic rings. The topological polar surface area (TPSA) is 62.5 Å². The molecule has 1 aromatic heterocycles. The second kappa shape index (κ2) is 8.21. The van der Waals surface area contributed by atoms with Crippen molar-refractivity contribution in [3.05, 3.63) is 35.2 Å². The van der Waals surface area contributed by atoms with Gasteiger partial charge in [0.2, 0.25) is 17.7 Å². The van der Waals surface area contributed by atoms with E-state index in [2.05, 4.69) is 26.9 Å². The molecule has 4 rings (SSSR count). The highest BCUT2D eigenvalue weighted by Gasteiger charge is 2.41. The van der Waals surface area contributed by atoms with Crippen LogP contribution in [0.25, 0.3) is 11.5 Å². The van der Waals surface area contributed by atoms with Gasteiger partial charge in [-0.2, -0.15) is 0 Å². The third-order valence-corrected chi connectivity index (χ3v) is 6.31. The van der Waals surface area contributed by atoms with Crippen molar-refractivity contribution in [1.82, 2.24) is 20.0 Å². The van der Waals surface area contributed by atoms with Crippen LogP contribution in [0.5, 0.6) is 0 Å². The van der Waals surface area contributed by atoms with Crippen LogP contribution in [0.15, 0.2) is 28.7 Å². The number of hydrogen-bond donors (Lipinski definition) is 0. The number of nitrogens with zero attached hydrogens (tertiary/aromatic N) is 4. The van der Waals surface area contributed by atoms with Crippen molar-refractivity contribution in [2.75, 3.05) is 13.1 Å². The van der Waals surface area contributed by atoms with E-state index in [0.29, 0.717) is 35.3 Å². The fourth-order valence-corrected chi connectivity index (χ4v) is 4.89. The first-order chi connectivity index (χ1) is 13.6. The number of benzene rings is 1. The van der Waals surface area contributed by atoms with Crippen LogP contribution >= 0.6 is 11.6 Å². The highest BCUT2D eigenvalue weighted by atomic mass is 35.5. The SMILES string of the molecule is CCC(=O)N1CCCC1C1CCCN1C(C)c1nnc(-c2cccc(Cl)c2)o1. The Morgan fingerprint density at radius 3 is 2.82 bits per heavy atom. The van der Waals surface area contributed by atoms with Gasteiger partial charge in [-0.1, -0.05) is 24.6 Å². The normalized spacial score (nSPS) is 24.0. The van der Waals surface area contributed by atoms with Crippen molar-refractivity contribution in [1.29, 1.82) is 0 Å². The Bertz CT molecular complexity index is 839. The summed E-state index contributed by atoms with van der Waals surface area (Å²) in [4.78, 5) is 16.9. The maximum Gasteiger partial charge on any atom is 0.247 e. The summed E-state index contributed by atoms with van der Waals surface area (Å²) in [6, 6.07) is 8.12. The smallest absolute Gasteiger partial charge is 0.247 e. The first-order valence-electron chi connectivity index (χ1n) is 10.2. The Morgan fingerprint density at radius 1 is 1.25 bits per heavy atom. The molecule has 3 unspecified atom stereocenters. The van der Waals surface area contributed by atoms with Crippen molar-refractivity contribution in [3.63, 3.8) is 0 Å². The van der Waals surface area contributed by atoms with Crippen molar-refractivity contribution in [2.45, 2.75) is 64.1 Å². The Labute approximate surface area is 170 Å². The third kappa shape index (κ3) is 3.67. The molecular weight excluding hydrogens is 376 g/mol. The van der Waals surface area contributed by atoms with Gasteiger partial charge in [-0.05, 0) is 57.4 Å². The number of carbonyl (C=O) groups is 1. The van der Waals surface area contributed by atoms with Gasteiger partial charge in [0.05, 0.1) is 6.04 Å². The van der Waals surface area contributed by atoms with Gasteiger partial charge in [-0.25, -0.2) is 0 Å². The second-order valence-electron chi connectivity index (χ2n) is 7.73. The number of likely N-dealkylation sites (tertiary alicyclic amines) is 2. The summed E-state index contributed by atoms with van der Waals surface area (Å²) in [6.07, 6.45) is 4.99. The standard InChI is InChI=1S/C21H27ClN4O2/c1-3-19(27)26-12-6-10-18(26)17-9-5-11-25(17)14(2)20-23-24-21(28-20)15-7-4-8-16(22)13-15/h4,7-8,13-14,17-18H,3,5-6,9-12H2,1-2H3. The van der Waals surface area contributed by atoms with E-state index in [-0.39, 0.29) is 11.9 Å². The zero-order valence-corrected chi connectivity index (χ0v) is 17.2. The first kappa shape index (κ1) is 19.4. The fourth-order valence-electron chi connectivity index (χ4n) is 4.70. The van der Waals surface area contributed by atoms with Gasteiger partial charge in [-0.3, -0.25) is 9.69 Å². The lowest BCUT2D eigenvalue weighted by Crippen LogP contribution is -2.48. The molecule has 1 aromatic carbocycles. The summed E-state index contributed by atoms with van der Waals surface area (Å²) in [5, 5.41) is 9.19. The van der Waals surface area contributed by atoms with Gasteiger partial charge in [0, 0.05) is 35.6 Å². The Kier molecular flexibility index (Phi) is 5.69. The molecule has 2 aliphatic heterocycles. The van der Waals surface area contributed by atoms with Gasteiger partial charge in [-0.15, -0.1) is 10.2 Å². The molecule has 0 bridgehead atoms. The molecule has 0 saturated carbocycles. The molecule has 3 atom stereocenters. The number of halogens is 1. The maximum absolute atomic E-state index is 12.4. The van der Waals surface area contributed by atoms with Crippen LogP contribution in [0.3, 0.4) is 0 Å². The minimum Gasteiger partial charge on any atom is -0.419 e. The van der Waals surface area contributed by atoms with Gasteiger partial charge < -0.3 is 9.32 Å². The lowest BCUT2D eigenvalue weighted by Gasteiger charge is -2.37. The van der Waals surface area contributed by atoms with Crippen molar-refractivity contribution >= 4 is 17.5 Å². The van der Waals surface area contributed by atoms with E-state index in [4.69, 9.17) is 16.0 Å². The Balaban J connectivity index is 1.53. The number of aromatic nitrogens is 2. The zero-order valence-electron chi connectivity index (χ0n) is 16.5. The molecule has 1 amide bonds. The highest BCUT2D eigenvalue weighted by Crippen LogP contribution is 2.36. The van der Waals surface area contributed by atoms with Crippen LogP contribution < -0.4 is 0 Å². The van der Waals surface area contributed by atoms with Gasteiger partial charge in [0.15, 0.2) is 0 Å². The van der Waals surface area contributed by atoms with Crippen LogP contribution in [-0.4, -0.2) is 51.1 Å². The molecule has 0 radical (unpaired) electrons. The van der Waals surface area contributed by atoms with Crippen molar-refractivity contribution in [3.8, 4) is 11.5 Å². The molecule has 7 heteroatoms. The van der Waals surface area contributed by atoms with Crippen LogP contribution in [0.2, 0.25) is 5.02 Å². The zero-order chi connectivity index (χ0) is 19.7. The number of amides is 1. The fraction of sp³-hybridized carbons (Fsp3) is 0.571. The summed E-state index contributed by atoms with van der Waals surface area (Å²) >= 11 is 6.08. The van der Waals surface area contributed by atoms with E-state index < -0.39 is 0 Å². The van der Waals surface area contributed by atoms with Crippen LogP contribution in [-0.2, 0) is 4.79 Å². The Hall–Kier alpha value is -1.92. The van der Waals surface area contributed by atoms with Gasteiger partial charge >= 0.3 is 0 Å². The largest absolute Gasteiger partial charge is 0.419 e. The van der Waals surface area contributed by atoms with Crippen molar-refractivity contribution in [2.24, 2.45) is 0 Å². The van der Waals surface area contributed by atoms with E-state index in [9.17, 15) is 4.79 Å². The molecule has 2 fully saturated rings. The van der Waals surface area contributed by atoms with E-state index >= 15 is 0 Å². The van der Waals surface area contributed by atoms with Gasteiger partial charge in [0.1, 0.15) is 0 Å². The highest BCUT2D eigenvalue weighted by molar-refractivity contribution is 6.30. The molecule has 0 spiro atoms. The van der Waals surface area contributed by atoms with E-state index in [0.717, 1.165) is 44.3 Å². The lowest BCUT2D eigenvalue weighted by molar-refractivity contribution is -0.132. The molecule has 6 nitrogen and oxygen atoms in total. The predicted octanol–water partition coefficient (Wildman–Crippen LogP) is 4.32. The maximum atomic E-state index is 12.4. The van der Waals surface area contributed by atoms with E-state index in [1.807, 2.05) is 31.2 Å². The summed E-state index contributed by atoms with van der Waals surface area (Å²) in [6.45, 7) is 5.94. The van der Waals surface area contributed by atoms with Crippen LogP contribution in [0.4, 0.5) is 0 Å². The number of rotatable bonds is 5. The summed E-state index contributed by atoms with van der Waals surface area (Å²) in [7, 11) is 0. The molecule has 28 heavy (non-hydrogen) atoms. The average molecular weight is 403 g/mol. The monoisotopic (exact) mass is 402 g/mol. The summed E-state index contributed by atoms with van der Waals surface area (Å²) in [5.74, 6) is 1.38. The first-order valence-corrected chi connectivity index (χ1v) is 10.6. The minimum atomic E-state index is 0.0205. The van der Waals surface area contributed by atoms with Crippen LogP contribution in [0.1, 0.15) is 57.9 Å². The predicted molar refractivity (Wildman–Crippen MR) is 108 cm³/mol. The van der Waals surface area contributed by atoms with Crippen LogP contribution in [0, 0.1) is 0 Å². The Morgan fingerprint density at radius 2 is 2.04 bits per heavy atom. The second-order valence-corrected chi connectivity index (χ2v) is 8.17. The lowest BCUT2D eigenvalue weighted by atomic mass is 10.0. The van der Waals surface area contributed by atoms with Gasteiger partial charge in [0.25, 0.3) is 0 Å². The summed E-state index contributed by atoms with van der Waals surface area (Å²) in [5.41, 5.74) is 0.826. The van der Waals surface area contributed by atoms with E-state index in [1.165, 1.54) is 0 Å². The number of hydrogen-bond acceptors (Lipinski definition) is 5. The molecule has 150 valence electrons. The number of carbonyl (C=O) groups excluding carboxylic acids is 1. The molecule has 0 aliphatic carbocycles. The third-order valence-electron chi connectivity index (χ3n) is 6.08. The summed E-state index contributed by atoms with van der Waals surface area (Å²) < 4.78 is 6.00. The average Bonchev–Trinajstić information content (AvgIpc) is 3.46. The molecular formula is C21H27ClN4O2.